The smallest absolute Gasteiger partial charge is 0.303 e. The quantitative estimate of drug-likeness (QED) is 0.576. The molecule has 0 aromatic rings. The average Bonchev–Trinajstić information content (AvgIpc) is 1.96. The second-order valence-electron chi connectivity index (χ2n) is 3.99. The van der Waals surface area contributed by atoms with Gasteiger partial charge in [0.05, 0.1) is 0 Å². The summed E-state index contributed by atoms with van der Waals surface area (Å²) in [6.45, 7) is 3.97. The Morgan fingerprint density at radius 1 is 1.47 bits per heavy atom. The van der Waals surface area contributed by atoms with Crippen molar-refractivity contribution in [3.63, 3.8) is 0 Å². The summed E-state index contributed by atoms with van der Waals surface area (Å²) < 4.78 is 23.4. The number of rotatable bonds is 7. The summed E-state index contributed by atoms with van der Waals surface area (Å²) in [5.41, 5.74) is 0. The molecule has 0 aromatic carbocycles. The molecule has 0 saturated carbocycles. The van der Waals surface area contributed by atoms with Crippen molar-refractivity contribution in [1.29, 1.82) is 0 Å². The second kappa shape index (κ2) is 6.04. The van der Waals surface area contributed by atoms with Gasteiger partial charge in [0.15, 0.2) is 0 Å². The molecule has 0 spiro atoms. The SMILES string of the molecule is CC(C)C[C@H](CNS(N)(=O)=O)CC(=O)O. The Labute approximate surface area is 90.0 Å². The van der Waals surface area contributed by atoms with Crippen molar-refractivity contribution in [2.24, 2.45) is 17.0 Å². The van der Waals surface area contributed by atoms with Crippen molar-refractivity contribution in [1.82, 2.24) is 4.72 Å². The number of carboxylic acid groups (broad SMARTS) is 1. The Kier molecular flexibility index (Phi) is 5.77. The zero-order valence-electron chi connectivity index (χ0n) is 8.93. The number of nitrogens with one attached hydrogen (secondary N) is 1. The molecule has 4 N–H and O–H groups in total. The van der Waals surface area contributed by atoms with Crippen LogP contribution in [-0.4, -0.2) is 26.0 Å². The van der Waals surface area contributed by atoms with Crippen LogP contribution < -0.4 is 9.86 Å². The maximum atomic E-state index is 10.6. The summed E-state index contributed by atoms with van der Waals surface area (Å²) in [6.07, 6.45) is 0.593. The van der Waals surface area contributed by atoms with E-state index in [0.29, 0.717) is 12.3 Å². The highest BCUT2D eigenvalue weighted by Gasteiger charge is 2.16. The molecule has 7 heteroatoms. The van der Waals surface area contributed by atoms with Crippen molar-refractivity contribution in [2.75, 3.05) is 6.54 Å². The van der Waals surface area contributed by atoms with Crippen LogP contribution in [0.5, 0.6) is 0 Å². The molecule has 0 rings (SSSR count). The van der Waals surface area contributed by atoms with E-state index in [1.165, 1.54) is 0 Å². The minimum Gasteiger partial charge on any atom is -0.481 e. The van der Waals surface area contributed by atoms with Crippen molar-refractivity contribution in [3.8, 4) is 0 Å². The predicted molar refractivity (Wildman–Crippen MR) is 56.3 cm³/mol. The third-order valence-electron chi connectivity index (χ3n) is 1.84. The zero-order valence-corrected chi connectivity index (χ0v) is 9.75. The minimum absolute atomic E-state index is 0.0549. The number of aliphatic carboxylic acids is 1. The molecule has 0 aliphatic heterocycles. The number of nitrogens with two attached hydrogens (primary N) is 1. The van der Waals surface area contributed by atoms with Crippen LogP contribution in [-0.2, 0) is 15.0 Å². The molecule has 0 unspecified atom stereocenters. The Morgan fingerprint density at radius 2 is 2.00 bits per heavy atom. The van der Waals surface area contributed by atoms with Gasteiger partial charge < -0.3 is 5.11 Å². The van der Waals surface area contributed by atoms with Crippen molar-refractivity contribution in [3.05, 3.63) is 0 Å². The highest BCUT2D eigenvalue weighted by molar-refractivity contribution is 7.87. The van der Waals surface area contributed by atoms with E-state index in [9.17, 15) is 13.2 Å². The van der Waals surface area contributed by atoms with Crippen LogP contribution in [0.4, 0.5) is 0 Å². The summed E-state index contributed by atoms with van der Waals surface area (Å²) in [6, 6.07) is 0. The maximum Gasteiger partial charge on any atom is 0.303 e. The van der Waals surface area contributed by atoms with Crippen LogP contribution in [0.25, 0.3) is 0 Å². The highest BCUT2D eigenvalue weighted by atomic mass is 32.2. The topological polar surface area (TPSA) is 109 Å². The lowest BCUT2D eigenvalue weighted by molar-refractivity contribution is -0.138. The third-order valence-corrected chi connectivity index (χ3v) is 2.41. The van der Waals surface area contributed by atoms with Gasteiger partial charge in [-0.25, -0.2) is 9.86 Å². The molecule has 0 aliphatic rings. The van der Waals surface area contributed by atoms with E-state index >= 15 is 0 Å². The van der Waals surface area contributed by atoms with E-state index in [4.69, 9.17) is 10.2 Å². The first-order valence-electron chi connectivity index (χ1n) is 4.70. The number of carbonyl (C=O) groups is 1. The lowest BCUT2D eigenvalue weighted by Gasteiger charge is -2.16. The molecule has 0 bridgehead atoms. The van der Waals surface area contributed by atoms with Crippen molar-refractivity contribution < 1.29 is 18.3 Å². The summed E-state index contributed by atoms with van der Waals surface area (Å²) in [7, 11) is -3.73. The molecule has 0 radical (unpaired) electrons. The molecule has 0 heterocycles. The summed E-state index contributed by atoms with van der Waals surface area (Å²) in [4.78, 5) is 10.5. The maximum absolute atomic E-state index is 10.6. The first-order valence-corrected chi connectivity index (χ1v) is 6.24. The van der Waals surface area contributed by atoms with E-state index in [0.717, 1.165) is 0 Å². The van der Waals surface area contributed by atoms with Crippen molar-refractivity contribution >= 4 is 16.2 Å². The van der Waals surface area contributed by atoms with Crippen LogP contribution in [0.2, 0.25) is 0 Å². The molecular formula is C8H18N2O4S. The fraction of sp³-hybridized carbons (Fsp3) is 0.875. The summed E-state index contributed by atoms with van der Waals surface area (Å²) in [5, 5.41) is 13.4. The van der Waals surface area contributed by atoms with Gasteiger partial charge in [-0.1, -0.05) is 13.8 Å². The van der Waals surface area contributed by atoms with E-state index < -0.39 is 16.2 Å². The van der Waals surface area contributed by atoms with Gasteiger partial charge in [-0.3, -0.25) is 4.79 Å². The molecule has 0 aromatic heterocycles. The van der Waals surface area contributed by atoms with Crippen molar-refractivity contribution in [2.45, 2.75) is 26.7 Å². The first-order chi connectivity index (χ1) is 6.70. The normalized spacial score (nSPS) is 14.1. The van der Waals surface area contributed by atoms with Gasteiger partial charge in [-0.05, 0) is 18.3 Å². The summed E-state index contributed by atoms with van der Waals surface area (Å²) in [5.74, 6) is -0.839. The van der Waals surface area contributed by atoms with Crippen LogP contribution in [0, 0.1) is 11.8 Å². The lowest BCUT2D eigenvalue weighted by atomic mass is 9.94. The molecule has 90 valence electrons. The van der Waals surface area contributed by atoms with Gasteiger partial charge in [-0.15, -0.1) is 0 Å². The van der Waals surface area contributed by atoms with E-state index in [1.807, 2.05) is 13.8 Å². The standard InChI is InChI=1S/C8H18N2O4S/c1-6(2)3-7(4-8(11)12)5-10-15(9,13)14/h6-7,10H,3-5H2,1-2H3,(H,11,12)(H2,9,13,14)/t7-/m0/s1. The molecule has 15 heavy (non-hydrogen) atoms. The fourth-order valence-electron chi connectivity index (χ4n) is 1.39. The van der Waals surface area contributed by atoms with E-state index in [-0.39, 0.29) is 18.9 Å². The highest BCUT2D eigenvalue weighted by Crippen LogP contribution is 2.14. The number of hydrogen-bond donors (Lipinski definition) is 3. The van der Waals surface area contributed by atoms with E-state index in [2.05, 4.69) is 4.72 Å². The lowest BCUT2D eigenvalue weighted by Crippen LogP contribution is -2.35. The zero-order chi connectivity index (χ0) is 12.1. The van der Waals surface area contributed by atoms with Crippen LogP contribution in [0.1, 0.15) is 26.7 Å². The number of hydrogen-bond acceptors (Lipinski definition) is 3. The average molecular weight is 238 g/mol. The monoisotopic (exact) mass is 238 g/mol. The Morgan fingerprint density at radius 3 is 2.33 bits per heavy atom. The van der Waals surface area contributed by atoms with Gasteiger partial charge in [-0.2, -0.15) is 8.42 Å². The molecule has 6 nitrogen and oxygen atoms in total. The first kappa shape index (κ1) is 14.3. The van der Waals surface area contributed by atoms with Crippen LogP contribution >= 0.6 is 0 Å². The van der Waals surface area contributed by atoms with Crippen LogP contribution in [0.3, 0.4) is 0 Å². The molecule has 0 saturated heterocycles. The largest absolute Gasteiger partial charge is 0.481 e. The van der Waals surface area contributed by atoms with Crippen LogP contribution in [0.15, 0.2) is 0 Å². The van der Waals surface area contributed by atoms with Gasteiger partial charge in [0.25, 0.3) is 10.2 Å². The van der Waals surface area contributed by atoms with Gasteiger partial charge in [0.2, 0.25) is 0 Å². The molecular weight excluding hydrogens is 220 g/mol. The van der Waals surface area contributed by atoms with Gasteiger partial charge in [0.1, 0.15) is 0 Å². The summed E-state index contributed by atoms with van der Waals surface area (Å²) >= 11 is 0. The molecule has 0 amide bonds. The second-order valence-corrected chi connectivity index (χ2v) is 5.37. The molecule has 1 atom stereocenters. The fourth-order valence-corrected chi connectivity index (χ4v) is 1.85. The third kappa shape index (κ3) is 9.64. The minimum atomic E-state index is -3.73. The van der Waals surface area contributed by atoms with E-state index in [1.54, 1.807) is 0 Å². The predicted octanol–water partition coefficient (Wildman–Crippen LogP) is -0.0835. The Bertz CT molecular complexity index is 300. The Balaban J connectivity index is 4.18. The van der Waals surface area contributed by atoms with Gasteiger partial charge in [0, 0.05) is 13.0 Å². The Hall–Kier alpha value is -0.660. The van der Waals surface area contributed by atoms with Gasteiger partial charge >= 0.3 is 5.97 Å². The number of carboxylic acids is 1. The molecule has 0 fully saturated rings. The molecule has 0 aliphatic carbocycles.